The van der Waals surface area contributed by atoms with E-state index in [2.05, 4.69) is 0 Å². The molecule has 0 radical (unpaired) electrons. The molecule has 0 fully saturated rings. The monoisotopic (exact) mass is 210 g/mol. The van der Waals surface area contributed by atoms with Gasteiger partial charge in [0.25, 0.3) is 5.56 Å². The van der Waals surface area contributed by atoms with Crippen molar-refractivity contribution >= 4 is 6.29 Å². The average molecular weight is 210 g/mol. The Morgan fingerprint density at radius 1 is 1.33 bits per heavy atom. The van der Waals surface area contributed by atoms with Gasteiger partial charge in [0.2, 0.25) is 0 Å². The number of aromatic nitrogens is 2. The van der Waals surface area contributed by atoms with Crippen molar-refractivity contribution < 1.29 is 4.79 Å². The first-order valence-corrected chi connectivity index (χ1v) is 4.94. The van der Waals surface area contributed by atoms with Gasteiger partial charge in [-0.25, -0.2) is 4.79 Å². The topological polar surface area (TPSA) is 61.1 Å². The van der Waals surface area contributed by atoms with Gasteiger partial charge in [-0.05, 0) is 6.42 Å². The molecule has 1 rings (SSSR count). The van der Waals surface area contributed by atoms with E-state index in [1.54, 1.807) is 0 Å². The standard InChI is InChI=1S/C10H14N2O3/c1-2-5-11-7-4-9(14)12(10(11)15)6-3-8-13/h4,7-8H,2-3,5-6H2,1H3. The molecule has 0 aliphatic carbocycles. The second-order valence-electron chi connectivity index (χ2n) is 3.24. The SMILES string of the molecule is CCCn1ccc(=O)n(CCC=O)c1=O. The van der Waals surface area contributed by atoms with Gasteiger partial charge in [0, 0.05) is 31.8 Å². The van der Waals surface area contributed by atoms with Crippen LogP contribution < -0.4 is 11.2 Å². The van der Waals surface area contributed by atoms with Gasteiger partial charge in [0.15, 0.2) is 0 Å². The van der Waals surface area contributed by atoms with Gasteiger partial charge in [-0.1, -0.05) is 6.92 Å². The summed E-state index contributed by atoms with van der Waals surface area (Å²) in [5.41, 5.74) is -0.694. The van der Waals surface area contributed by atoms with Crippen LogP contribution >= 0.6 is 0 Å². The lowest BCUT2D eigenvalue weighted by molar-refractivity contribution is -0.108. The van der Waals surface area contributed by atoms with Crippen LogP contribution in [0.4, 0.5) is 0 Å². The van der Waals surface area contributed by atoms with E-state index in [1.165, 1.54) is 16.8 Å². The lowest BCUT2D eigenvalue weighted by Gasteiger charge is -2.07. The summed E-state index contributed by atoms with van der Waals surface area (Å²) in [4.78, 5) is 33.2. The predicted octanol–water partition coefficient (Wildman–Crippen LogP) is 0.00900. The molecule has 0 unspecified atom stereocenters. The fourth-order valence-corrected chi connectivity index (χ4v) is 1.36. The fourth-order valence-electron chi connectivity index (χ4n) is 1.36. The van der Waals surface area contributed by atoms with Crippen LogP contribution in [0, 0.1) is 0 Å². The van der Waals surface area contributed by atoms with Gasteiger partial charge in [-0.15, -0.1) is 0 Å². The Kier molecular flexibility index (Phi) is 4.03. The summed E-state index contributed by atoms with van der Waals surface area (Å²) in [6.45, 7) is 2.69. The van der Waals surface area contributed by atoms with Crippen molar-refractivity contribution in [3.05, 3.63) is 33.1 Å². The van der Waals surface area contributed by atoms with Crippen molar-refractivity contribution in [1.82, 2.24) is 9.13 Å². The second-order valence-corrected chi connectivity index (χ2v) is 3.24. The summed E-state index contributed by atoms with van der Waals surface area (Å²) in [7, 11) is 0. The third-order valence-corrected chi connectivity index (χ3v) is 2.07. The summed E-state index contributed by atoms with van der Waals surface area (Å²) < 4.78 is 2.57. The molecule has 0 amide bonds. The van der Waals surface area contributed by atoms with E-state index < -0.39 is 0 Å². The molecule has 0 aliphatic rings. The third kappa shape index (κ3) is 2.65. The smallest absolute Gasteiger partial charge is 0.303 e. The van der Waals surface area contributed by atoms with Crippen molar-refractivity contribution in [3.8, 4) is 0 Å². The highest BCUT2D eigenvalue weighted by molar-refractivity contribution is 5.48. The van der Waals surface area contributed by atoms with E-state index in [0.717, 1.165) is 11.0 Å². The van der Waals surface area contributed by atoms with Crippen molar-refractivity contribution in [1.29, 1.82) is 0 Å². The molecule has 0 bridgehead atoms. The zero-order chi connectivity index (χ0) is 11.3. The molecule has 0 saturated heterocycles. The minimum absolute atomic E-state index is 0.158. The highest BCUT2D eigenvalue weighted by atomic mass is 16.2. The first kappa shape index (κ1) is 11.4. The van der Waals surface area contributed by atoms with Gasteiger partial charge in [-0.3, -0.25) is 9.36 Å². The maximum absolute atomic E-state index is 11.7. The van der Waals surface area contributed by atoms with Crippen molar-refractivity contribution in [2.24, 2.45) is 0 Å². The molecule has 0 N–H and O–H groups in total. The molecular weight excluding hydrogens is 196 g/mol. The quantitative estimate of drug-likeness (QED) is 0.643. The number of rotatable bonds is 5. The highest BCUT2D eigenvalue weighted by Crippen LogP contribution is 1.84. The number of nitrogens with zero attached hydrogens (tertiary/aromatic N) is 2. The molecule has 0 aliphatic heterocycles. The van der Waals surface area contributed by atoms with E-state index in [0.29, 0.717) is 12.8 Å². The van der Waals surface area contributed by atoms with Crippen LogP contribution in [0.2, 0.25) is 0 Å². The first-order chi connectivity index (χ1) is 7.20. The normalized spacial score (nSPS) is 10.2. The fraction of sp³-hybridized carbons (Fsp3) is 0.500. The van der Waals surface area contributed by atoms with E-state index in [4.69, 9.17) is 0 Å². The molecule has 0 atom stereocenters. The van der Waals surface area contributed by atoms with Crippen LogP contribution in [0.5, 0.6) is 0 Å². The van der Waals surface area contributed by atoms with Gasteiger partial charge in [0.1, 0.15) is 6.29 Å². The van der Waals surface area contributed by atoms with E-state index in [9.17, 15) is 14.4 Å². The summed E-state index contributed by atoms with van der Waals surface area (Å²) >= 11 is 0. The number of aryl methyl sites for hydroxylation is 1. The summed E-state index contributed by atoms with van der Waals surface area (Å²) in [5, 5.41) is 0. The minimum Gasteiger partial charge on any atom is -0.303 e. The Bertz CT molecular complexity index is 445. The maximum Gasteiger partial charge on any atom is 0.330 e. The number of carbonyl (C=O) groups excluding carboxylic acids is 1. The molecule has 1 aromatic heterocycles. The van der Waals surface area contributed by atoms with Crippen molar-refractivity contribution in [3.63, 3.8) is 0 Å². The third-order valence-electron chi connectivity index (χ3n) is 2.07. The van der Waals surface area contributed by atoms with Crippen LogP contribution in [0.15, 0.2) is 21.9 Å². The average Bonchev–Trinajstić information content (AvgIpc) is 2.22. The number of hydrogen-bond acceptors (Lipinski definition) is 3. The van der Waals surface area contributed by atoms with E-state index >= 15 is 0 Å². The molecular formula is C10H14N2O3. The van der Waals surface area contributed by atoms with Gasteiger partial charge < -0.3 is 9.36 Å². The Balaban J connectivity index is 3.12. The lowest BCUT2D eigenvalue weighted by Crippen LogP contribution is -2.39. The van der Waals surface area contributed by atoms with Gasteiger partial charge in [-0.2, -0.15) is 0 Å². The van der Waals surface area contributed by atoms with E-state index in [-0.39, 0.29) is 24.2 Å². The molecule has 5 heteroatoms. The molecule has 1 aromatic rings. The van der Waals surface area contributed by atoms with Crippen LogP contribution in [0.25, 0.3) is 0 Å². The maximum atomic E-state index is 11.7. The molecule has 1 heterocycles. The molecule has 0 saturated carbocycles. The molecule has 5 nitrogen and oxygen atoms in total. The number of aldehydes is 1. The van der Waals surface area contributed by atoms with Crippen LogP contribution in [-0.2, 0) is 17.9 Å². The first-order valence-electron chi connectivity index (χ1n) is 4.94. The summed E-state index contributed by atoms with van der Waals surface area (Å²) in [6.07, 6.45) is 3.20. The van der Waals surface area contributed by atoms with Crippen LogP contribution in [-0.4, -0.2) is 15.4 Å². The predicted molar refractivity (Wildman–Crippen MR) is 55.9 cm³/mol. The zero-order valence-electron chi connectivity index (χ0n) is 8.68. The lowest BCUT2D eigenvalue weighted by atomic mass is 10.4. The van der Waals surface area contributed by atoms with Crippen molar-refractivity contribution in [2.75, 3.05) is 0 Å². The van der Waals surface area contributed by atoms with Crippen LogP contribution in [0.1, 0.15) is 19.8 Å². The number of hydrogen-bond donors (Lipinski definition) is 0. The largest absolute Gasteiger partial charge is 0.330 e. The molecule has 0 aromatic carbocycles. The Labute approximate surface area is 87.0 Å². The van der Waals surface area contributed by atoms with Crippen LogP contribution in [0.3, 0.4) is 0 Å². The summed E-state index contributed by atoms with van der Waals surface area (Å²) in [5.74, 6) is 0. The molecule has 0 spiro atoms. The Morgan fingerprint density at radius 3 is 2.67 bits per heavy atom. The zero-order valence-corrected chi connectivity index (χ0v) is 8.68. The van der Waals surface area contributed by atoms with Gasteiger partial charge in [0.05, 0.1) is 0 Å². The van der Waals surface area contributed by atoms with E-state index in [1.807, 2.05) is 6.92 Å². The highest BCUT2D eigenvalue weighted by Gasteiger charge is 2.03. The van der Waals surface area contributed by atoms with Gasteiger partial charge >= 0.3 is 5.69 Å². The van der Waals surface area contributed by atoms with Crippen molar-refractivity contribution in [2.45, 2.75) is 32.9 Å². The molecule has 82 valence electrons. The summed E-state index contributed by atoms with van der Waals surface area (Å²) in [6, 6.07) is 1.35. The molecule has 15 heavy (non-hydrogen) atoms. The number of carbonyl (C=O) groups is 1. The Morgan fingerprint density at radius 2 is 2.07 bits per heavy atom. The second kappa shape index (κ2) is 5.29. The minimum atomic E-state index is -0.353. The Hall–Kier alpha value is -1.65.